The van der Waals surface area contributed by atoms with E-state index < -0.39 is 35.7 Å². The molecule has 9 heteroatoms. The topological polar surface area (TPSA) is 106 Å². The zero-order valence-electron chi connectivity index (χ0n) is 24.0. The Bertz CT molecular complexity index is 1450. The van der Waals surface area contributed by atoms with Crippen molar-refractivity contribution in [3.63, 3.8) is 0 Å². The molecule has 42 heavy (non-hydrogen) atoms. The largest absolute Gasteiger partial charge is 0.486 e. The van der Waals surface area contributed by atoms with Crippen LogP contribution in [-0.2, 0) is 19.1 Å². The van der Waals surface area contributed by atoms with Crippen molar-refractivity contribution in [2.24, 2.45) is 11.8 Å². The lowest BCUT2D eigenvalue weighted by Gasteiger charge is -2.36. The molecule has 9 nitrogen and oxygen atoms in total. The van der Waals surface area contributed by atoms with Gasteiger partial charge in [-0.3, -0.25) is 14.4 Å². The Hall–Kier alpha value is -3.85. The number of nitrogens with one attached hydrogen (secondary N) is 2. The summed E-state index contributed by atoms with van der Waals surface area (Å²) in [5.41, 5.74) is 1.64. The molecule has 2 aromatic carbocycles. The molecule has 5 aliphatic rings. The van der Waals surface area contributed by atoms with Crippen LogP contribution in [0.1, 0.15) is 43.2 Å². The van der Waals surface area contributed by atoms with E-state index in [4.69, 9.17) is 14.2 Å². The third-order valence-electron chi connectivity index (χ3n) is 9.62. The first kappa shape index (κ1) is 27.0. The van der Waals surface area contributed by atoms with Crippen LogP contribution in [0.15, 0.2) is 54.6 Å². The van der Waals surface area contributed by atoms with E-state index in [9.17, 15) is 14.4 Å². The van der Waals surface area contributed by atoms with Crippen molar-refractivity contribution in [2.75, 3.05) is 18.5 Å². The van der Waals surface area contributed by atoms with Crippen LogP contribution in [0.4, 0.5) is 5.69 Å². The highest BCUT2D eigenvalue weighted by Gasteiger charge is 2.73. The smallest absolute Gasteiger partial charge is 0.246 e. The van der Waals surface area contributed by atoms with Crippen LogP contribution in [0.2, 0.25) is 0 Å². The molecular formula is C33H37N3O6. The Balaban J connectivity index is 1.18. The molecule has 2 bridgehead atoms. The lowest BCUT2D eigenvalue weighted by Crippen LogP contribution is -2.58. The van der Waals surface area contributed by atoms with Gasteiger partial charge in [0, 0.05) is 11.7 Å². The molecule has 1 aliphatic carbocycles. The van der Waals surface area contributed by atoms with Crippen molar-refractivity contribution in [2.45, 2.75) is 75.8 Å². The quantitative estimate of drug-likeness (QED) is 0.513. The van der Waals surface area contributed by atoms with Crippen LogP contribution >= 0.6 is 0 Å². The maximum Gasteiger partial charge on any atom is 0.246 e. The third-order valence-corrected chi connectivity index (χ3v) is 9.62. The van der Waals surface area contributed by atoms with Crippen molar-refractivity contribution < 1.29 is 28.6 Å². The first-order chi connectivity index (χ1) is 20.3. The van der Waals surface area contributed by atoms with Gasteiger partial charge in [0.05, 0.1) is 24.5 Å². The minimum atomic E-state index is -1.22. The number of benzene rings is 2. The minimum Gasteiger partial charge on any atom is -0.486 e. The fourth-order valence-corrected chi connectivity index (χ4v) is 7.41. The second-order valence-electron chi connectivity index (χ2n) is 12.3. The number of hydrogen-bond acceptors (Lipinski definition) is 6. The molecule has 3 fully saturated rings. The van der Waals surface area contributed by atoms with Gasteiger partial charge in [-0.15, -0.1) is 0 Å². The number of ether oxygens (including phenoxy) is 3. The molecule has 0 unspecified atom stereocenters. The van der Waals surface area contributed by atoms with Crippen molar-refractivity contribution in [1.82, 2.24) is 10.2 Å². The van der Waals surface area contributed by atoms with Crippen LogP contribution in [0, 0.1) is 25.7 Å². The van der Waals surface area contributed by atoms with Crippen LogP contribution in [0.3, 0.4) is 0 Å². The fourth-order valence-electron chi connectivity index (χ4n) is 7.41. The number of rotatable bonds is 6. The molecule has 0 radical (unpaired) electrons. The number of hydrogen-bond donors (Lipinski definition) is 2. The van der Waals surface area contributed by atoms with Gasteiger partial charge in [0.15, 0.2) is 17.6 Å². The second-order valence-corrected chi connectivity index (χ2v) is 12.3. The summed E-state index contributed by atoms with van der Waals surface area (Å²) in [4.78, 5) is 43.7. The number of aryl methyl sites for hydroxylation is 2. The highest BCUT2D eigenvalue weighted by atomic mass is 16.6. The van der Waals surface area contributed by atoms with Crippen LogP contribution < -0.4 is 20.1 Å². The van der Waals surface area contributed by atoms with Gasteiger partial charge in [-0.1, -0.05) is 49.6 Å². The third kappa shape index (κ3) is 4.45. The lowest BCUT2D eigenvalue weighted by atomic mass is 9.74. The summed E-state index contributed by atoms with van der Waals surface area (Å²) in [5.74, 6) is -1.13. The van der Waals surface area contributed by atoms with Crippen molar-refractivity contribution in [1.29, 1.82) is 0 Å². The SMILES string of the molecule is Cc1ccc(NC(=O)[C@H]2[C@H]3C=C[C@@]4(O3)[C@H]2C(=O)N(C[C@H]2COc3ccccc3O2)[C@@H]4C(=O)NC2CCCCC2)cc1C. The fraction of sp³-hybridized carbons (Fsp3) is 0.485. The van der Waals surface area contributed by atoms with E-state index in [1.807, 2.05) is 68.5 Å². The van der Waals surface area contributed by atoms with E-state index >= 15 is 0 Å². The zero-order valence-corrected chi connectivity index (χ0v) is 24.0. The van der Waals surface area contributed by atoms with Gasteiger partial charge in [-0.25, -0.2) is 0 Å². The molecule has 220 valence electrons. The normalized spacial score (nSPS) is 31.2. The Labute approximate surface area is 245 Å². The molecule has 2 N–H and O–H groups in total. The summed E-state index contributed by atoms with van der Waals surface area (Å²) in [5, 5.41) is 6.25. The van der Waals surface area contributed by atoms with Gasteiger partial charge >= 0.3 is 0 Å². The summed E-state index contributed by atoms with van der Waals surface area (Å²) in [6.45, 7) is 4.39. The van der Waals surface area contributed by atoms with Gasteiger partial charge < -0.3 is 29.7 Å². The molecular weight excluding hydrogens is 534 g/mol. The molecule has 1 saturated carbocycles. The Kier molecular flexibility index (Phi) is 6.72. The first-order valence-electron chi connectivity index (χ1n) is 15.1. The number of carbonyl (C=O) groups excluding carboxylic acids is 3. The van der Waals surface area contributed by atoms with Gasteiger partial charge in [0.2, 0.25) is 17.7 Å². The average molecular weight is 572 g/mol. The average Bonchev–Trinajstić information content (AvgIpc) is 3.63. The minimum absolute atomic E-state index is 0.0613. The van der Waals surface area contributed by atoms with E-state index in [2.05, 4.69) is 10.6 Å². The number of anilines is 1. The predicted octanol–water partition coefficient (Wildman–Crippen LogP) is 3.68. The standard InChI is InChI=1S/C33H37N3O6/c1-19-12-13-22(16-20(19)2)35-30(37)27-26-14-15-33(42-26)28(27)32(39)36(29(33)31(38)34-21-8-4-3-5-9-21)17-23-18-40-24-10-6-7-11-25(24)41-23/h6-7,10-16,21,23,26-29H,3-5,8-9,17-18H2,1-2H3,(H,34,38)(H,35,37)/t23-,26+,27-,28+,29+,33+/m0/s1. The Morgan fingerprint density at radius 2 is 1.79 bits per heavy atom. The molecule has 6 atom stereocenters. The van der Waals surface area contributed by atoms with Gasteiger partial charge in [0.25, 0.3) is 0 Å². The number of para-hydroxylation sites is 2. The number of fused-ring (bicyclic) bond motifs is 2. The Morgan fingerprint density at radius 3 is 2.57 bits per heavy atom. The molecule has 0 aromatic heterocycles. The lowest BCUT2D eigenvalue weighted by molar-refractivity contribution is -0.143. The highest BCUT2D eigenvalue weighted by molar-refractivity contribution is 6.02. The predicted molar refractivity (Wildman–Crippen MR) is 155 cm³/mol. The number of amides is 3. The van der Waals surface area contributed by atoms with E-state index in [1.54, 1.807) is 4.90 Å². The maximum absolute atomic E-state index is 14.3. The summed E-state index contributed by atoms with van der Waals surface area (Å²) >= 11 is 0. The molecule has 3 amide bonds. The molecule has 2 aromatic rings. The summed E-state index contributed by atoms with van der Waals surface area (Å²) in [6.07, 6.45) is 7.76. The second kappa shape index (κ2) is 10.5. The van der Waals surface area contributed by atoms with Gasteiger partial charge in [-0.2, -0.15) is 0 Å². The summed E-state index contributed by atoms with van der Waals surface area (Å²) in [7, 11) is 0. The van der Waals surface area contributed by atoms with Crippen molar-refractivity contribution in [3.8, 4) is 11.5 Å². The molecule has 1 spiro atoms. The van der Waals surface area contributed by atoms with Crippen LogP contribution in [0.25, 0.3) is 0 Å². The Morgan fingerprint density at radius 1 is 1.00 bits per heavy atom. The maximum atomic E-state index is 14.3. The van der Waals surface area contributed by atoms with Crippen LogP contribution in [-0.4, -0.2) is 65.7 Å². The van der Waals surface area contributed by atoms with Gasteiger partial charge in [-0.05, 0) is 62.1 Å². The monoisotopic (exact) mass is 571 g/mol. The van der Waals surface area contributed by atoms with E-state index in [1.165, 1.54) is 0 Å². The summed E-state index contributed by atoms with van der Waals surface area (Å²) in [6, 6.07) is 12.3. The number of carbonyl (C=O) groups is 3. The first-order valence-corrected chi connectivity index (χ1v) is 15.1. The van der Waals surface area contributed by atoms with Gasteiger partial charge in [0.1, 0.15) is 18.2 Å². The van der Waals surface area contributed by atoms with Crippen molar-refractivity contribution in [3.05, 3.63) is 65.7 Å². The van der Waals surface area contributed by atoms with E-state index in [0.717, 1.165) is 43.2 Å². The van der Waals surface area contributed by atoms with E-state index in [0.29, 0.717) is 17.2 Å². The zero-order chi connectivity index (χ0) is 29.0. The van der Waals surface area contributed by atoms with Crippen molar-refractivity contribution >= 4 is 23.4 Å². The number of nitrogens with zero attached hydrogens (tertiary/aromatic N) is 1. The molecule has 4 aliphatic heterocycles. The molecule has 2 saturated heterocycles. The summed E-state index contributed by atoms with van der Waals surface area (Å²) < 4.78 is 18.6. The number of likely N-dealkylation sites (tertiary alicyclic amines) is 1. The molecule has 4 heterocycles. The molecule has 7 rings (SSSR count). The van der Waals surface area contributed by atoms with Crippen LogP contribution in [0.5, 0.6) is 11.5 Å². The highest BCUT2D eigenvalue weighted by Crippen LogP contribution is 2.55. The van der Waals surface area contributed by atoms with E-state index in [-0.39, 0.29) is 36.9 Å².